The van der Waals surface area contributed by atoms with E-state index in [0.29, 0.717) is 83.7 Å². The molecule has 146 heavy (non-hydrogen) atoms. The molecule has 15 N–H and O–H groups in total. The number of anilines is 10. The predicted molar refractivity (Wildman–Crippen MR) is 523 cm³/mol. The van der Waals surface area contributed by atoms with Gasteiger partial charge in [0, 0.05) is 113 Å². The lowest BCUT2D eigenvalue weighted by atomic mass is 9.88. The number of aryl methyl sites for hydroxylation is 2. The summed E-state index contributed by atoms with van der Waals surface area (Å²) in [6.07, 6.45) is 36.7. The van der Waals surface area contributed by atoms with Crippen LogP contribution in [0.5, 0.6) is 0 Å². The van der Waals surface area contributed by atoms with E-state index < -0.39 is 58.6 Å². The number of hydrogen-bond acceptors (Lipinski definition) is 32. The van der Waals surface area contributed by atoms with E-state index in [-0.39, 0.29) is 121 Å². The number of nitrogens with one attached hydrogen (secondary N) is 5. The van der Waals surface area contributed by atoms with Crippen LogP contribution in [0, 0.1) is 41.9 Å². The van der Waals surface area contributed by atoms with Gasteiger partial charge in [-0.3, -0.25) is 68.1 Å². The van der Waals surface area contributed by atoms with Gasteiger partial charge in [-0.25, -0.2) is 79.4 Å². The van der Waals surface area contributed by atoms with Crippen molar-refractivity contribution in [3.8, 4) is 33.6 Å². The van der Waals surface area contributed by atoms with Gasteiger partial charge in [0.05, 0.1) is 152 Å². The highest BCUT2D eigenvalue weighted by Crippen LogP contribution is 2.40. The number of carbonyl (C=O) groups excluding carboxylic acids is 7. The van der Waals surface area contributed by atoms with Crippen LogP contribution in [0.1, 0.15) is 137 Å². The zero-order valence-electron chi connectivity index (χ0n) is 78.2. The number of nitrogen functional groups attached to an aromatic ring is 5. The summed E-state index contributed by atoms with van der Waals surface area (Å²) in [4.78, 5) is 143. The third-order valence-electron chi connectivity index (χ3n) is 24.6. The molecule has 1 aromatic carbocycles. The van der Waals surface area contributed by atoms with Crippen LogP contribution < -0.4 is 55.3 Å². The average Bonchev–Trinajstić information content (AvgIpc) is 1.64. The number of piperidine rings is 2. The lowest BCUT2D eigenvalue weighted by Gasteiger charge is -2.33. The molecule has 4 aliphatic rings. The molecule has 17 aromatic heterocycles. The van der Waals surface area contributed by atoms with Gasteiger partial charge in [-0.15, -0.1) is 25.5 Å². The standard InChI is InChI=1S/C23H22FN7O2.C21H22FN7O2.C19H20FN7O2.C17H13FN8O.C16H13FN8O/c1-30-8-9-33-13-19(30)15-4-2-14(3-5-15)17-6-7-26-11-18(17)28-23(32)20-21(25)29-31-12-16(24)10-27-22(20)31;22-14-9-25-19-17(18(23)27-29(19)11-14)20(30)26-16-10-24-6-3-15(16)12-4-7-28(8-5-12)21(31)13-1-2-13;1-11(28)26-6-3-12(4-7-26)14-2-5-22-9-15(14)24-19(29)16-17(21)25-27-10-13(20)8-23-18(16)27;1-9-4-21-8-23-14(9)11-2-3-20-6-12(11)24-17(27)13-15(19)25-26-7-10(18)5-22-16(13)26;1-24-5-3-11(22-24)10-2-4-19-7-12(10)21-16(26)13-14(18)23-25-8-9(17)6-20-15(13)25/h2-7,10-12,19H,8-9,13H2,1H3,(H2,25,29)(H,28,32);3,6,9-13H,1-2,4-5,7-8H2,(H2,23,27)(H,26,30);2,5,8-10,12H,3-4,6-7H2,1H3,(H2,21,25)(H,24,29);2-8H,1H3,(H2,19,25)(H,24,27);2-8H,1H3,(H2,18,23)(H,21,26)/t19-;;;;/m1..../s1. The zero-order valence-corrected chi connectivity index (χ0v) is 78.2. The second kappa shape index (κ2) is 42.3. The lowest BCUT2D eigenvalue weighted by molar-refractivity contribution is -0.133. The molecule has 0 radical (unpaired) electrons. The number of pyridine rings is 5. The number of morpholine rings is 1. The van der Waals surface area contributed by atoms with E-state index >= 15 is 0 Å². The molecule has 3 saturated heterocycles. The lowest BCUT2D eigenvalue weighted by Crippen LogP contribution is -2.38. The summed E-state index contributed by atoms with van der Waals surface area (Å²) in [6, 6.07) is 19.3. The summed E-state index contributed by atoms with van der Waals surface area (Å²) in [7, 11) is 3.89. The maximum absolute atomic E-state index is 13.5. The van der Waals surface area contributed by atoms with Crippen LogP contribution in [0.15, 0.2) is 203 Å². The van der Waals surface area contributed by atoms with Crippen molar-refractivity contribution in [2.75, 3.05) is 108 Å². The van der Waals surface area contributed by atoms with E-state index in [0.717, 1.165) is 170 Å². The number of carbonyl (C=O) groups is 7. The SMILES string of the molecule is CC(=O)N1CCC(c2ccncc2NC(=O)c2c(N)nn3cc(F)cnc23)CC1.CN1CCOC[C@@H]1c1ccc(-c2ccncc2NC(=O)c2c(N)nn3cc(F)cnc23)cc1.Cc1cncnc1-c1ccncc1NC(=O)c1c(N)nn2cc(F)cnc12.Cn1ccc(-c2ccncc2NC(=O)c2c(N)nn3cc(F)cnc23)n1.Nc1nn2cc(F)cnc2c1C(=O)Nc1cnccc1C1CCN(C(=O)C2CC2)CC1. The first-order valence-electron chi connectivity index (χ1n) is 45.5. The van der Waals surface area contributed by atoms with Crippen molar-refractivity contribution >= 4 is 127 Å². The van der Waals surface area contributed by atoms with Crippen molar-refractivity contribution in [2.24, 2.45) is 13.0 Å². The van der Waals surface area contributed by atoms with Gasteiger partial charge in [-0.05, 0) is 129 Å². The molecule has 1 aliphatic carbocycles. The second-order valence-corrected chi connectivity index (χ2v) is 34.2. The number of fused-ring (bicyclic) bond motifs is 5. The van der Waals surface area contributed by atoms with Gasteiger partial charge in [0.15, 0.2) is 86.4 Å². The fourth-order valence-electron chi connectivity index (χ4n) is 17.2. The molecule has 1 atom stereocenters. The number of aromatic nitrogens is 24. The van der Waals surface area contributed by atoms with Crippen LogP contribution in [0.2, 0.25) is 0 Å². The Bertz CT molecular complexity index is 8030. The molecular weight excluding hydrogens is 1890 g/mol. The van der Waals surface area contributed by atoms with Gasteiger partial charge in [0.1, 0.15) is 34.1 Å². The third-order valence-corrected chi connectivity index (χ3v) is 24.6. The van der Waals surface area contributed by atoms with E-state index in [9.17, 15) is 55.5 Å². The third kappa shape index (κ3) is 21.3. The van der Waals surface area contributed by atoms with Crippen molar-refractivity contribution in [3.63, 3.8) is 0 Å². The first-order chi connectivity index (χ1) is 70.5. The van der Waals surface area contributed by atoms with Crippen LogP contribution in [0.3, 0.4) is 0 Å². The number of nitrogens with zero attached hydrogens (tertiary/aromatic N) is 27. The monoisotopic (exact) mass is 1980 g/mol. The van der Waals surface area contributed by atoms with E-state index in [1.165, 1.54) is 18.7 Å². The summed E-state index contributed by atoms with van der Waals surface area (Å²) in [5.41, 5.74) is 41.4. The molecule has 45 nitrogen and oxygen atoms in total. The van der Waals surface area contributed by atoms with Crippen LogP contribution in [-0.4, -0.2) is 227 Å². The van der Waals surface area contributed by atoms with Crippen molar-refractivity contribution in [1.29, 1.82) is 0 Å². The Morgan fingerprint density at radius 3 is 1.11 bits per heavy atom. The molecule has 0 spiro atoms. The molecular formula is C96H90F5N37O8. The maximum Gasteiger partial charge on any atom is 0.263 e. The fourth-order valence-corrected chi connectivity index (χ4v) is 17.2. The minimum absolute atomic E-state index is 0.0343. The number of benzene rings is 1. The van der Waals surface area contributed by atoms with Crippen molar-refractivity contribution in [3.05, 3.63) is 282 Å². The second-order valence-electron chi connectivity index (χ2n) is 34.2. The Hall–Kier alpha value is -18.8. The van der Waals surface area contributed by atoms with Crippen molar-refractivity contribution in [1.82, 2.24) is 132 Å². The summed E-state index contributed by atoms with van der Waals surface area (Å²) >= 11 is 0. The van der Waals surface area contributed by atoms with E-state index in [1.807, 2.05) is 53.1 Å². The molecule has 7 amide bonds. The van der Waals surface area contributed by atoms with Crippen LogP contribution in [-0.2, 0) is 21.4 Å². The molecule has 1 saturated carbocycles. The summed E-state index contributed by atoms with van der Waals surface area (Å²) in [5.74, 6) is -4.74. The van der Waals surface area contributed by atoms with Crippen molar-refractivity contribution in [2.45, 2.75) is 70.3 Å². The summed E-state index contributed by atoms with van der Waals surface area (Å²) in [5, 5.41) is 38.1. The van der Waals surface area contributed by atoms with Gasteiger partial charge in [0.2, 0.25) is 11.8 Å². The largest absolute Gasteiger partial charge is 0.381 e. The molecule has 3 aliphatic heterocycles. The maximum atomic E-state index is 13.5. The number of ether oxygens (including phenoxy) is 1. The van der Waals surface area contributed by atoms with Crippen molar-refractivity contribution < 1.29 is 60.3 Å². The van der Waals surface area contributed by atoms with Crippen LogP contribution in [0.4, 0.5) is 79.5 Å². The topological polar surface area (TPSA) is 588 Å². The summed E-state index contributed by atoms with van der Waals surface area (Å²) in [6.45, 7) is 8.50. The van der Waals surface area contributed by atoms with Gasteiger partial charge in [0.25, 0.3) is 29.5 Å². The first-order valence-corrected chi connectivity index (χ1v) is 45.5. The number of hydrogen-bond donors (Lipinski definition) is 10. The molecule has 0 unspecified atom stereocenters. The summed E-state index contributed by atoms with van der Waals surface area (Å²) < 4.78 is 79.8. The molecule has 20 heterocycles. The Morgan fingerprint density at radius 1 is 0.384 bits per heavy atom. The molecule has 0 bridgehead atoms. The van der Waals surface area contributed by atoms with E-state index in [4.69, 9.17) is 33.4 Å². The molecule has 18 aromatic rings. The highest BCUT2D eigenvalue weighted by Gasteiger charge is 2.37. The number of halogens is 5. The molecule has 742 valence electrons. The van der Waals surface area contributed by atoms with E-state index in [2.05, 4.69) is 141 Å². The van der Waals surface area contributed by atoms with Crippen LogP contribution >= 0.6 is 0 Å². The number of likely N-dealkylation sites (N-methyl/N-ethyl adjacent to an activating group) is 1. The molecule has 4 fully saturated rings. The zero-order chi connectivity index (χ0) is 102. The Morgan fingerprint density at radius 2 is 0.740 bits per heavy atom. The number of nitrogens with two attached hydrogens (primary N) is 5. The predicted octanol–water partition coefficient (Wildman–Crippen LogP) is 10.2. The Labute approximate surface area is 823 Å². The van der Waals surface area contributed by atoms with Gasteiger partial charge < -0.3 is 69.8 Å². The Balaban J connectivity index is 0.000000120. The number of amides is 7. The van der Waals surface area contributed by atoms with Crippen LogP contribution in [0.25, 0.3) is 61.9 Å². The minimum Gasteiger partial charge on any atom is -0.381 e. The average molecular weight is 1990 g/mol. The Kier molecular flexibility index (Phi) is 28.3. The number of rotatable bonds is 17. The fraction of sp³-hybridized carbons (Fsp3) is 0.219. The molecule has 50 heteroatoms. The van der Waals surface area contributed by atoms with E-state index in [1.54, 1.807) is 92.8 Å². The van der Waals surface area contributed by atoms with Gasteiger partial charge in [-0.1, -0.05) is 24.3 Å². The minimum atomic E-state index is -0.592. The smallest absolute Gasteiger partial charge is 0.263 e. The van der Waals surface area contributed by atoms with Gasteiger partial charge in [-0.2, -0.15) is 5.10 Å². The normalized spacial score (nSPS) is 14.3. The first kappa shape index (κ1) is 97.4. The molecule has 22 rings (SSSR count). The quantitative estimate of drug-likeness (QED) is 0.0379. The highest BCUT2D eigenvalue weighted by atomic mass is 19.1. The number of likely N-dealkylation sites (tertiary alicyclic amines) is 2. The van der Waals surface area contributed by atoms with Gasteiger partial charge >= 0.3 is 0 Å². The highest BCUT2D eigenvalue weighted by molar-refractivity contribution is 6.16.